The number of anilines is 1. The van der Waals surface area contributed by atoms with Gasteiger partial charge in [0.2, 0.25) is 10.0 Å². The predicted molar refractivity (Wildman–Crippen MR) is 80.1 cm³/mol. The number of carbonyl (C=O) groups is 1. The first-order valence-electron chi connectivity index (χ1n) is 7.27. The third kappa shape index (κ3) is 2.26. The Bertz CT molecular complexity index is 689. The standard InChI is InChI=1S/C14H19N3O4S/c1-15-22(20,21)11-4-5-12(16-7-11)17-8-10-3-2-6-14(10,9-17)13(18)19/h4-5,7,10,15H,2-3,6,8-9H2,1H3,(H,18,19)/t10-,14+/m0/s1. The van der Waals surface area contributed by atoms with Gasteiger partial charge in [0.1, 0.15) is 10.7 Å². The lowest BCUT2D eigenvalue weighted by molar-refractivity contribution is -0.149. The first kappa shape index (κ1) is 15.2. The Morgan fingerprint density at radius 1 is 1.50 bits per heavy atom. The van der Waals surface area contributed by atoms with E-state index in [9.17, 15) is 18.3 Å². The molecule has 1 saturated heterocycles. The Morgan fingerprint density at radius 3 is 2.82 bits per heavy atom. The summed E-state index contributed by atoms with van der Waals surface area (Å²) in [6.07, 6.45) is 3.89. The molecule has 2 aliphatic rings. The van der Waals surface area contributed by atoms with E-state index in [-0.39, 0.29) is 10.8 Å². The molecule has 2 N–H and O–H groups in total. The van der Waals surface area contributed by atoms with Crippen molar-refractivity contribution in [2.24, 2.45) is 11.3 Å². The lowest BCUT2D eigenvalue weighted by Gasteiger charge is -2.23. The molecule has 7 nitrogen and oxygen atoms in total. The zero-order valence-electron chi connectivity index (χ0n) is 12.3. The van der Waals surface area contributed by atoms with Gasteiger partial charge in [-0.3, -0.25) is 4.79 Å². The van der Waals surface area contributed by atoms with Crippen molar-refractivity contribution in [1.29, 1.82) is 0 Å². The average Bonchev–Trinajstić information content (AvgIpc) is 3.05. The third-order valence-electron chi connectivity index (χ3n) is 4.92. The molecule has 22 heavy (non-hydrogen) atoms. The smallest absolute Gasteiger partial charge is 0.311 e. The monoisotopic (exact) mass is 325 g/mol. The molecule has 0 spiro atoms. The summed E-state index contributed by atoms with van der Waals surface area (Å²) in [7, 11) is -2.16. The summed E-state index contributed by atoms with van der Waals surface area (Å²) in [4.78, 5) is 17.9. The Balaban J connectivity index is 1.84. The summed E-state index contributed by atoms with van der Waals surface area (Å²) in [6, 6.07) is 3.14. The van der Waals surface area contributed by atoms with Crippen LogP contribution in [0.25, 0.3) is 0 Å². The largest absolute Gasteiger partial charge is 0.481 e. The van der Waals surface area contributed by atoms with Gasteiger partial charge in [-0.2, -0.15) is 0 Å². The molecule has 2 fully saturated rings. The van der Waals surface area contributed by atoms with Crippen molar-refractivity contribution in [3.63, 3.8) is 0 Å². The zero-order valence-corrected chi connectivity index (χ0v) is 13.1. The van der Waals surface area contributed by atoms with Gasteiger partial charge >= 0.3 is 5.97 Å². The fourth-order valence-electron chi connectivity index (χ4n) is 3.65. The van der Waals surface area contributed by atoms with Crippen LogP contribution in [-0.4, -0.2) is 44.6 Å². The maximum Gasteiger partial charge on any atom is 0.311 e. The van der Waals surface area contributed by atoms with Crippen LogP contribution in [0.2, 0.25) is 0 Å². The second-order valence-electron chi connectivity index (χ2n) is 5.99. The van der Waals surface area contributed by atoms with E-state index in [1.165, 1.54) is 19.3 Å². The fraction of sp³-hybridized carbons (Fsp3) is 0.571. The van der Waals surface area contributed by atoms with E-state index in [0.29, 0.717) is 25.3 Å². The van der Waals surface area contributed by atoms with E-state index >= 15 is 0 Å². The summed E-state index contributed by atoms with van der Waals surface area (Å²) in [5.41, 5.74) is -0.669. The lowest BCUT2D eigenvalue weighted by atomic mass is 9.81. The van der Waals surface area contributed by atoms with Crippen molar-refractivity contribution >= 4 is 21.8 Å². The van der Waals surface area contributed by atoms with E-state index in [1.54, 1.807) is 6.07 Å². The first-order valence-corrected chi connectivity index (χ1v) is 8.75. The Hall–Kier alpha value is -1.67. The summed E-state index contributed by atoms with van der Waals surface area (Å²) in [5, 5.41) is 9.59. The minimum absolute atomic E-state index is 0.103. The molecular weight excluding hydrogens is 306 g/mol. The maximum absolute atomic E-state index is 11.7. The number of rotatable bonds is 4. The minimum atomic E-state index is -3.50. The second kappa shape index (κ2) is 5.20. The Morgan fingerprint density at radius 2 is 2.27 bits per heavy atom. The van der Waals surface area contributed by atoms with Crippen LogP contribution in [0.15, 0.2) is 23.2 Å². The highest BCUT2D eigenvalue weighted by molar-refractivity contribution is 7.89. The van der Waals surface area contributed by atoms with Crippen LogP contribution in [0.4, 0.5) is 5.82 Å². The quantitative estimate of drug-likeness (QED) is 0.844. The summed E-state index contributed by atoms with van der Waals surface area (Å²) >= 11 is 0. The Kier molecular flexibility index (Phi) is 3.60. The molecular formula is C14H19N3O4S. The lowest BCUT2D eigenvalue weighted by Crippen LogP contribution is -2.35. The van der Waals surface area contributed by atoms with Gasteiger partial charge < -0.3 is 10.0 Å². The maximum atomic E-state index is 11.7. The average molecular weight is 325 g/mol. The number of hydrogen-bond acceptors (Lipinski definition) is 5. The number of aliphatic carboxylic acids is 1. The highest BCUT2D eigenvalue weighted by Gasteiger charge is 2.55. The Labute approximate surface area is 129 Å². The summed E-state index contributed by atoms with van der Waals surface area (Å²) in [5.74, 6) is 0.0458. The highest BCUT2D eigenvalue weighted by Crippen LogP contribution is 2.49. The molecule has 1 saturated carbocycles. The molecule has 0 aromatic carbocycles. The SMILES string of the molecule is CNS(=O)(=O)c1ccc(N2C[C@@H]3CCC[C@@]3(C(=O)O)C2)nc1. The predicted octanol–water partition coefficient (Wildman–Crippen LogP) is 0.681. The number of carboxylic acids is 1. The van der Waals surface area contributed by atoms with E-state index in [0.717, 1.165) is 12.8 Å². The van der Waals surface area contributed by atoms with Crippen LogP contribution in [0.5, 0.6) is 0 Å². The van der Waals surface area contributed by atoms with Crippen molar-refractivity contribution in [3.05, 3.63) is 18.3 Å². The van der Waals surface area contributed by atoms with Gasteiger partial charge in [0.15, 0.2) is 0 Å². The highest BCUT2D eigenvalue weighted by atomic mass is 32.2. The van der Waals surface area contributed by atoms with E-state index in [4.69, 9.17) is 0 Å². The molecule has 1 aliphatic carbocycles. The van der Waals surface area contributed by atoms with Crippen molar-refractivity contribution in [2.75, 3.05) is 25.0 Å². The van der Waals surface area contributed by atoms with E-state index in [2.05, 4.69) is 9.71 Å². The number of nitrogens with one attached hydrogen (secondary N) is 1. The molecule has 1 aromatic rings. The molecule has 3 rings (SSSR count). The molecule has 8 heteroatoms. The molecule has 1 aliphatic heterocycles. The molecule has 0 unspecified atom stereocenters. The van der Waals surface area contributed by atoms with Crippen molar-refractivity contribution < 1.29 is 18.3 Å². The summed E-state index contributed by atoms with van der Waals surface area (Å²) in [6.45, 7) is 1.11. The van der Waals surface area contributed by atoms with Gasteiger partial charge in [0, 0.05) is 19.3 Å². The number of hydrogen-bond donors (Lipinski definition) is 2. The van der Waals surface area contributed by atoms with Crippen molar-refractivity contribution in [1.82, 2.24) is 9.71 Å². The van der Waals surface area contributed by atoms with Crippen LogP contribution >= 0.6 is 0 Å². The minimum Gasteiger partial charge on any atom is -0.481 e. The molecule has 2 atom stereocenters. The molecule has 0 radical (unpaired) electrons. The molecule has 1 aromatic heterocycles. The number of pyridine rings is 1. The van der Waals surface area contributed by atoms with Gasteiger partial charge in [-0.1, -0.05) is 6.42 Å². The normalized spacial score (nSPS) is 27.9. The number of sulfonamides is 1. The number of aromatic nitrogens is 1. The molecule has 0 bridgehead atoms. The van der Waals surface area contributed by atoms with Crippen LogP contribution in [-0.2, 0) is 14.8 Å². The van der Waals surface area contributed by atoms with Crippen molar-refractivity contribution in [3.8, 4) is 0 Å². The van der Waals surface area contributed by atoms with E-state index < -0.39 is 21.4 Å². The second-order valence-corrected chi connectivity index (χ2v) is 7.88. The van der Waals surface area contributed by atoms with Crippen molar-refractivity contribution in [2.45, 2.75) is 24.2 Å². The van der Waals surface area contributed by atoms with Gasteiger partial charge in [-0.05, 0) is 37.9 Å². The summed E-state index contributed by atoms with van der Waals surface area (Å²) < 4.78 is 25.6. The van der Waals surface area contributed by atoms with E-state index in [1.807, 2.05) is 4.90 Å². The topological polar surface area (TPSA) is 99.6 Å². The van der Waals surface area contributed by atoms with Crippen LogP contribution in [0.3, 0.4) is 0 Å². The van der Waals surface area contributed by atoms with Crippen LogP contribution in [0.1, 0.15) is 19.3 Å². The van der Waals surface area contributed by atoms with Gasteiger partial charge in [-0.25, -0.2) is 18.1 Å². The zero-order chi connectivity index (χ0) is 16.0. The number of fused-ring (bicyclic) bond motifs is 1. The van der Waals surface area contributed by atoms with Gasteiger partial charge in [-0.15, -0.1) is 0 Å². The molecule has 0 amide bonds. The number of nitrogens with zero attached hydrogens (tertiary/aromatic N) is 2. The van der Waals surface area contributed by atoms with Gasteiger partial charge in [0.25, 0.3) is 0 Å². The van der Waals surface area contributed by atoms with Crippen LogP contribution < -0.4 is 9.62 Å². The fourth-order valence-corrected chi connectivity index (χ4v) is 4.32. The first-order chi connectivity index (χ1) is 10.4. The number of carboxylic acid groups (broad SMARTS) is 1. The van der Waals surface area contributed by atoms with Gasteiger partial charge in [0.05, 0.1) is 5.41 Å². The third-order valence-corrected chi connectivity index (χ3v) is 6.32. The van der Waals surface area contributed by atoms with Crippen LogP contribution in [0, 0.1) is 11.3 Å². The molecule has 2 heterocycles. The molecule has 120 valence electrons.